The first kappa shape index (κ1) is 11.7. The molecule has 7 nitrogen and oxygen atoms in total. The number of anilines is 1. The van der Waals surface area contributed by atoms with E-state index < -0.39 is 10.7 Å². The van der Waals surface area contributed by atoms with Crippen LogP contribution in [-0.2, 0) is 0 Å². The minimum absolute atomic E-state index is 0.0844. The number of benzene rings is 1. The van der Waals surface area contributed by atoms with Crippen molar-refractivity contribution in [3.05, 3.63) is 46.4 Å². The molecule has 1 heterocycles. The number of hydrogen-bond donors (Lipinski definition) is 1. The van der Waals surface area contributed by atoms with E-state index >= 15 is 0 Å². The second-order valence-electron chi connectivity index (χ2n) is 3.24. The first-order valence-electron chi connectivity index (χ1n) is 4.76. The zero-order valence-corrected chi connectivity index (χ0v) is 8.91. The maximum absolute atomic E-state index is 13.3. The van der Waals surface area contributed by atoms with Gasteiger partial charge in [0.25, 0.3) is 11.6 Å². The van der Waals surface area contributed by atoms with E-state index in [-0.39, 0.29) is 23.3 Å². The van der Waals surface area contributed by atoms with Crippen molar-refractivity contribution < 1.29 is 14.1 Å². The molecule has 0 spiro atoms. The number of hydrogen-bond acceptors (Lipinski definition) is 6. The summed E-state index contributed by atoms with van der Waals surface area (Å²) in [6, 6.07) is 5.29. The Balaban J connectivity index is 2.31. The van der Waals surface area contributed by atoms with Crippen LogP contribution in [0.5, 0.6) is 11.6 Å². The Morgan fingerprint density at radius 1 is 1.44 bits per heavy atom. The van der Waals surface area contributed by atoms with Crippen molar-refractivity contribution in [2.24, 2.45) is 0 Å². The smallest absolute Gasteiger partial charge is 0.273 e. The van der Waals surface area contributed by atoms with E-state index in [4.69, 9.17) is 10.5 Å². The molecule has 2 aromatic rings. The third-order valence-electron chi connectivity index (χ3n) is 1.97. The van der Waals surface area contributed by atoms with E-state index in [1.807, 2.05) is 0 Å². The van der Waals surface area contributed by atoms with Gasteiger partial charge in [0, 0.05) is 6.07 Å². The number of nitrogens with two attached hydrogens (primary N) is 1. The van der Waals surface area contributed by atoms with E-state index in [0.29, 0.717) is 0 Å². The maximum atomic E-state index is 13.3. The molecule has 92 valence electrons. The normalized spacial score (nSPS) is 10.1. The fraction of sp³-hybridized carbons (Fsp3) is 0. The van der Waals surface area contributed by atoms with Crippen LogP contribution >= 0.6 is 0 Å². The number of rotatable bonds is 3. The summed E-state index contributed by atoms with van der Waals surface area (Å²) in [6.07, 6.45) is 0.856. The van der Waals surface area contributed by atoms with Gasteiger partial charge in [-0.2, -0.15) is 9.37 Å². The van der Waals surface area contributed by atoms with Crippen LogP contribution in [0.1, 0.15) is 0 Å². The molecule has 0 unspecified atom stereocenters. The second-order valence-corrected chi connectivity index (χ2v) is 3.24. The molecule has 8 heteroatoms. The summed E-state index contributed by atoms with van der Waals surface area (Å²) in [5.74, 6) is -1.27. The number of nitrogens with zero attached hydrogens (tertiary/aromatic N) is 3. The molecule has 1 aromatic carbocycles. The van der Waals surface area contributed by atoms with E-state index in [2.05, 4.69) is 9.97 Å². The highest BCUT2D eigenvalue weighted by Gasteiger charge is 2.11. The summed E-state index contributed by atoms with van der Waals surface area (Å²) in [5.41, 5.74) is 5.11. The highest BCUT2D eigenvalue weighted by atomic mass is 19.1. The Bertz CT molecular complexity index is 605. The molecular weight excluding hydrogens is 243 g/mol. The van der Waals surface area contributed by atoms with Crippen LogP contribution in [0, 0.1) is 15.9 Å². The van der Waals surface area contributed by atoms with Crippen LogP contribution in [-0.4, -0.2) is 14.9 Å². The molecule has 0 amide bonds. The molecule has 0 aliphatic rings. The lowest BCUT2D eigenvalue weighted by molar-refractivity contribution is -0.384. The fourth-order valence-electron chi connectivity index (χ4n) is 1.21. The molecule has 0 bridgehead atoms. The van der Waals surface area contributed by atoms with Gasteiger partial charge in [0.15, 0.2) is 0 Å². The molecule has 0 radical (unpaired) electrons. The van der Waals surface area contributed by atoms with E-state index in [1.165, 1.54) is 18.2 Å². The summed E-state index contributed by atoms with van der Waals surface area (Å²) in [5, 5.41) is 10.6. The molecule has 18 heavy (non-hydrogen) atoms. The number of nitro benzene ring substituents is 1. The van der Waals surface area contributed by atoms with Crippen molar-refractivity contribution >= 4 is 11.6 Å². The number of ether oxygens (including phenoxy) is 1. The minimum atomic E-state index is -0.810. The summed E-state index contributed by atoms with van der Waals surface area (Å²) in [6.45, 7) is 0. The molecule has 2 N–H and O–H groups in total. The Labute approximate surface area is 100 Å². The Hall–Kier alpha value is -2.77. The SMILES string of the molecule is Nc1ncc(F)c(Oc2cccc([N+](=O)[O-])c2)n1. The molecule has 0 atom stereocenters. The van der Waals surface area contributed by atoms with Gasteiger partial charge < -0.3 is 10.5 Å². The van der Waals surface area contributed by atoms with Crippen molar-refractivity contribution in [2.75, 3.05) is 5.73 Å². The topological polar surface area (TPSA) is 104 Å². The average Bonchev–Trinajstić information content (AvgIpc) is 2.34. The zero-order valence-electron chi connectivity index (χ0n) is 8.91. The maximum Gasteiger partial charge on any atom is 0.273 e. The zero-order chi connectivity index (χ0) is 13.1. The molecular formula is C10H7FN4O3. The summed E-state index contributed by atoms with van der Waals surface area (Å²) in [4.78, 5) is 16.9. The van der Waals surface area contributed by atoms with Gasteiger partial charge in [-0.25, -0.2) is 4.98 Å². The van der Waals surface area contributed by atoms with Crippen LogP contribution in [0.4, 0.5) is 16.0 Å². The molecule has 0 saturated carbocycles. The number of nitrogen functional groups attached to an aromatic ring is 1. The van der Waals surface area contributed by atoms with Crippen molar-refractivity contribution in [2.45, 2.75) is 0 Å². The minimum Gasteiger partial charge on any atom is -0.436 e. The highest BCUT2D eigenvalue weighted by Crippen LogP contribution is 2.25. The van der Waals surface area contributed by atoms with Crippen molar-refractivity contribution in [1.82, 2.24) is 9.97 Å². The lowest BCUT2D eigenvalue weighted by Crippen LogP contribution is -1.99. The van der Waals surface area contributed by atoms with Crippen molar-refractivity contribution in [3.8, 4) is 11.6 Å². The molecule has 0 fully saturated rings. The third kappa shape index (κ3) is 2.48. The van der Waals surface area contributed by atoms with Crippen LogP contribution in [0.3, 0.4) is 0 Å². The Morgan fingerprint density at radius 2 is 2.22 bits per heavy atom. The molecule has 0 aliphatic carbocycles. The Morgan fingerprint density at radius 3 is 2.94 bits per heavy atom. The highest BCUT2D eigenvalue weighted by molar-refractivity contribution is 5.40. The predicted molar refractivity (Wildman–Crippen MR) is 59.6 cm³/mol. The number of aromatic nitrogens is 2. The molecule has 0 saturated heterocycles. The first-order chi connectivity index (χ1) is 8.56. The fourth-order valence-corrected chi connectivity index (χ4v) is 1.21. The van der Waals surface area contributed by atoms with Gasteiger partial charge in [-0.05, 0) is 6.07 Å². The number of halogens is 1. The van der Waals surface area contributed by atoms with Gasteiger partial charge in [-0.3, -0.25) is 10.1 Å². The van der Waals surface area contributed by atoms with Crippen molar-refractivity contribution in [1.29, 1.82) is 0 Å². The standard InChI is InChI=1S/C10H7FN4O3/c11-8-5-13-10(12)14-9(8)18-7-3-1-2-6(4-7)15(16)17/h1-5H,(H2,12,13,14). The second kappa shape index (κ2) is 4.62. The summed E-state index contributed by atoms with van der Waals surface area (Å²) >= 11 is 0. The monoisotopic (exact) mass is 250 g/mol. The van der Waals surface area contributed by atoms with Gasteiger partial charge in [0.1, 0.15) is 5.75 Å². The van der Waals surface area contributed by atoms with Crippen LogP contribution in [0.25, 0.3) is 0 Å². The van der Waals surface area contributed by atoms with Gasteiger partial charge in [-0.1, -0.05) is 6.07 Å². The lowest BCUT2D eigenvalue weighted by Gasteiger charge is -2.05. The molecule has 1 aromatic heterocycles. The summed E-state index contributed by atoms with van der Waals surface area (Å²) < 4.78 is 18.3. The van der Waals surface area contributed by atoms with E-state index in [0.717, 1.165) is 12.3 Å². The Kier molecular flexibility index (Phi) is 3.00. The average molecular weight is 250 g/mol. The van der Waals surface area contributed by atoms with Gasteiger partial charge >= 0.3 is 0 Å². The number of nitro groups is 1. The van der Waals surface area contributed by atoms with E-state index in [1.54, 1.807) is 0 Å². The van der Waals surface area contributed by atoms with Crippen LogP contribution in [0.2, 0.25) is 0 Å². The van der Waals surface area contributed by atoms with Crippen molar-refractivity contribution in [3.63, 3.8) is 0 Å². The largest absolute Gasteiger partial charge is 0.436 e. The van der Waals surface area contributed by atoms with Crippen LogP contribution in [0.15, 0.2) is 30.5 Å². The van der Waals surface area contributed by atoms with Gasteiger partial charge in [-0.15, -0.1) is 0 Å². The third-order valence-corrected chi connectivity index (χ3v) is 1.97. The first-order valence-corrected chi connectivity index (χ1v) is 4.76. The molecule has 0 aliphatic heterocycles. The van der Waals surface area contributed by atoms with E-state index in [9.17, 15) is 14.5 Å². The summed E-state index contributed by atoms with van der Waals surface area (Å²) in [7, 11) is 0. The van der Waals surface area contributed by atoms with Crippen LogP contribution < -0.4 is 10.5 Å². The van der Waals surface area contributed by atoms with Gasteiger partial charge in [0.2, 0.25) is 11.8 Å². The quantitative estimate of drug-likeness (QED) is 0.658. The molecule has 2 rings (SSSR count). The van der Waals surface area contributed by atoms with Gasteiger partial charge in [0.05, 0.1) is 17.2 Å². The number of non-ortho nitro benzene ring substituents is 1. The lowest BCUT2D eigenvalue weighted by atomic mass is 10.3. The predicted octanol–water partition coefficient (Wildman–Crippen LogP) is 1.90.